The van der Waals surface area contributed by atoms with Crippen molar-refractivity contribution in [3.05, 3.63) is 101 Å². The Hall–Kier alpha value is -3.17. The van der Waals surface area contributed by atoms with Crippen LogP contribution in [0.3, 0.4) is 0 Å². The van der Waals surface area contributed by atoms with Crippen molar-refractivity contribution in [1.29, 1.82) is 0 Å². The number of benzene rings is 3. The third-order valence-corrected chi connectivity index (χ3v) is 4.39. The lowest BCUT2D eigenvalue weighted by Crippen LogP contribution is -2.03. The Bertz CT molecular complexity index is 982. The zero-order valence-electron chi connectivity index (χ0n) is 13.8. The number of hydrogen-bond donors (Lipinski definition) is 1. The molecule has 0 unspecified atom stereocenters. The van der Waals surface area contributed by atoms with Gasteiger partial charge in [0.25, 0.3) is 0 Å². The van der Waals surface area contributed by atoms with Gasteiger partial charge >= 0.3 is 0 Å². The predicted octanol–water partition coefficient (Wildman–Crippen LogP) is 5.63. The van der Waals surface area contributed by atoms with Crippen LogP contribution < -0.4 is 0 Å². The van der Waals surface area contributed by atoms with Gasteiger partial charge in [-0.3, -0.25) is 4.79 Å². The highest BCUT2D eigenvalue weighted by atomic mass is 35.5. The highest BCUT2D eigenvalue weighted by molar-refractivity contribution is 6.30. The van der Waals surface area contributed by atoms with Crippen molar-refractivity contribution in [2.75, 3.05) is 0 Å². The van der Waals surface area contributed by atoms with E-state index in [2.05, 4.69) is 9.97 Å². The summed E-state index contributed by atoms with van der Waals surface area (Å²) in [6, 6.07) is 26.5. The van der Waals surface area contributed by atoms with E-state index in [1.165, 1.54) is 0 Å². The number of ketones is 1. The van der Waals surface area contributed by atoms with Crippen molar-refractivity contribution in [3.8, 4) is 22.5 Å². The molecule has 3 nitrogen and oxygen atoms in total. The number of nitrogens with zero attached hydrogens (tertiary/aromatic N) is 1. The van der Waals surface area contributed by atoms with E-state index in [1.807, 2.05) is 60.7 Å². The maximum Gasteiger partial charge on any atom is 0.228 e. The summed E-state index contributed by atoms with van der Waals surface area (Å²) in [7, 11) is 0. The zero-order valence-corrected chi connectivity index (χ0v) is 14.6. The number of carbonyl (C=O) groups excluding carboxylic acids is 1. The Labute approximate surface area is 156 Å². The number of rotatable bonds is 4. The molecule has 4 heteroatoms. The van der Waals surface area contributed by atoms with Crippen LogP contribution in [-0.4, -0.2) is 15.8 Å². The van der Waals surface area contributed by atoms with Gasteiger partial charge in [-0.15, -0.1) is 0 Å². The van der Waals surface area contributed by atoms with Crippen molar-refractivity contribution in [2.24, 2.45) is 0 Å². The molecule has 1 heterocycles. The molecule has 0 fully saturated rings. The van der Waals surface area contributed by atoms with Crippen LogP contribution in [0.5, 0.6) is 0 Å². The molecule has 26 heavy (non-hydrogen) atoms. The van der Waals surface area contributed by atoms with Gasteiger partial charge in [-0.1, -0.05) is 72.3 Å². The Morgan fingerprint density at radius 2 is 1.35 bits per heavy atom. The fraction of sp³-hybridized carbons (Fsp3) is 0. The maximum absolute atomic E-state index is 12.8. The first-order valence-electron chi connectivity index (χ1n) is 8.23. The summed E-state index contributed by atoms with van der Waals surface area (Å²) in [4.78, 5) is 20.7. The third kappa shape index (κ3) is 3.17. The van der Waals surface area contributed by atoms with Crippen LogP contribution in [0.2, 0.25) is 5.02 Å². The molecule has 0 saturated heterocycles. The van der Waals surface area contributed by atoms with Crippen molar-refractivity contribution in [3.63, 3.8) is 0 Å². The molecule has 126 valence electrons. The van der Waals surface area contributed by atoms with Gasteiger partial charge in [-0.2, -0.15) is 0 Å². The van der Waals surface area contributed by atoms with E-state index in [0.29, 0.717) is 16.4 Å². The first-order chi connectivity index (χ1) is 12.7. The summed E-state index contributed by atoms with van der Waals surface area (Å²) in [5.74, 6) is 0.144. The second kappa shape index (κ2) is 6.98. The highest BCUT2D eigenvalue weighted by Crippen LogP contribution is 2.30. The van der Waals surface area contributed by atoms with Gasteiger partial charge < -0.3 is 4.98 Å². The third-order valence-electron chi connectivity index (χ3n) is 4.13. The Kier molecular flexibility index (Phi) is 4.38. The first-order valence-corrected chi connectivity index (χ1v) is 8.61. The average Bonchev–Trinajstić information content (AvgIpc) is 3.15. The lowest BCUT2D eigenvalue weighted by Gasteiger charge is -2.02. The minimum absolute atomic E-state index is 0.166. The van der Waals surface area contributed by atoms with Crippen molar-refractivity contribution < 1.29 is 4.79 Å². The predicted molar refractivity (Wildman–Crippen MR) is 104 cm³/mol. The minimum Gasteiger partial charge on any atom is -0.335 e. The minimum atomic E-state index is -0.166. The number of nitrogens with one attached hydrogen (secondary N) is 1. The van der Waals surface area contributed by atoms with Gasteiger partial charge in [0.05, 0.1) is 11.4 Å². The Morgan fingerprint density at radius 3 is 1.96 bits per heavy atom. The molecule has 1 N–H and O–H groups in total. The van der Waals surface area contributed by atoms with Crippen LogP contribution in [-0.2, 0) is 0 Å². The normalized spacial score (nSPS) is 10.7. The molecule has 0 radical (unpaired) electrons. The number of hydrogen-bond acceptors (Lipinski definition) is 2. The average molecular weight is 359 g/mol. The van der Waals surface area contributed by atoms with Crippen molar-refractivity contribution in [1.82, 2.24) is 9.97 Å². The number of aromatic nitrogens is 2. The SMILES string of the molecule is O=C(c1ccc(Cl)cc1)c1nc(-c2ccccc2)c(-c2ccccc2)[nH]1. The second-order valence-corrected chi connectivity index (χ2v) is 6.31. The molecular formula is C22H15ClN2O. The van der Waals surface area contributed by atoms with E-state index in [1.54, 1.807) is 24.3 Å². The van der Waals surface area contributed by atoms with E-state index in [-0.39, 0.29) is 5.78 Å². The highest BCUT2D eigenvalue weighted by Gasteiger charge is 2.19. The number of carbonyl (C=O) groups is 1. The summed E-state index contributed by atoms with van der Waals surface area (Å²) in [5.41, 5.74) is 4.07. The fourth-order valence-electron chi connectivity index (χ4n) is 2.84. The molecule has 1 aromatic heterocycles. The van der Waals surface area contributed by atoms with Gasteiger partial charge in [0, 0.05) is 21.7 Å². The largest absolute Gasteiger partial charge is 0.335 e. The lowest BCUT2D eigenvalue weighted by atomic mass is 10.1. The molecular weight excluding hydrogens is 344 g/mol. The fourth-order valence-corrected chi connectivity index (χ4v) is 2.96. The summed E-state index contributed by atoms with van der Waals surface area (Å²) in [6.07, 6.45) is 0. The van der Waals surface area contributed by atoms with Crippen LogP contribution in [0.1, 0.15) is 16.2 Å². The summed E-state index contributed by atoms with van der Waals surface area (Å²) in [5, 5.41) is 0.593. The molecule has 0 atom stereocenters. The number of H-pyrrole nitrogens is 1. The molecule has 0 aliphatic carbocycles. The molecule has 0 spiro atoms. The van der Waals surface area contributed by atoms with Gasteiger partial charge in [-0.25, -0.2) is 4.98 Å². The molecule has 4 rings (SSSR count). The van der Waals surface area contributed by atoms with Crippen molar-refractivity contribution >= 4 is 17.4 Å². The molecule has 0 saturated carbocycles. The molecule has 4 aromatic rings. The molecule has 0 aliphatic rings. The number of aromatic amines is 1. The van der Waals surface area contributed by atoms with Gasteiger partial charge in [0.15, 0.2) is 5.82 Å². The second-order valence-electron chi connectivity index (χ2n) is 5.88. The van der Waals surface area contributed by atoms with Crippen LogP contribution in [0.4, 0.5) is 0 Å². The van der Waals surface area contributed by atoms with E-state index in [0.717, 1.165) is 22.5 Å². The maximum atomic E-state index is 12.8. The quantitative estimate of drug-likeness (QED) is 0.480. The topological polar surface area (TPSA) is 45.8 Å². The Morgan fingerprint density at radius 1 is 0.769 bits per heavy atom. The lowest BCUT2D eigenvalue weighted by molar-refractivity contribution is 0.103. The van der Waals surface area contributed by atoms with Crippen LogP contribution in [0.25, 0.3) is 22.5 Å². The molecule has 0 aliphatic heterocycles. The summed E-state index contributed by atoms with van der Waals surface area (Å²) in [6.45, 7) is 0. The number of imidazole rings is 1. The van der Waals surface area contributed by atoms with Gasteiger partial charge in [0.2, 0.25) is 5.78 Å². The van der Waals surface area contributed by atoms with Gasteiger partial charge in [-0.05, 0) is 24.3 Å². The van der Waals surface area contributed by atoms with Crippen LogP contribution in [0.15, 0.2) is 84.9 Å². The standard InChI is InChI=1S/C22H15ClN2O/c23-18-13-11-17(12-14-18)21(26)22-24-19(15-7-3-1-4-8-15)20(25-22)16-9-5-2-6-10-16/h1-14H,(H,24,25). The van der Waals surface area contributed by atoms with Crippen molar-refractivity contribution in [2.45, 2.75) is 0 Å². The first kappa shape index (κ1) is 16.3. The Balaban J connectivity index is 1.83. The van der Waals surface area contributed by atoms with E-state index in [4.69, 9.17) is 11.6 Å². The van der Waals surface area contributed by atoms with Crippen LogP contribution >= 0.6 is 11.6 Å². The van der Waals surface area contributed by atoms with Crippen LogP contribution in [0, 0.1) is 0 Å². The van der Waals surface area contributed by atoms with E-state index >= 15 is 0 Å². The van der Waals surface area contributed by atoms with E-state index < -0.39 is 0 Å². The number of halogens is 1. The summed E-state index contributed by atoms with van der Waals surface area (Å²) >= 11 is 5.92. The summed E-state index contributed by atoms with van der Waals surface area (Å²) < 4.78 is 0. The van der Waals surface area contributed by atoms with E-state index in [9.17, 15) is 4.79 Å². The zero-order chi connectivity index (χ0) is 17.9. The smallest absolute Gasteiger partial charge is 0.228 e. The van der Waals surface area contributed by atoms with Gasteiger partial charge in [0.1, 0.15) is 0 Å². The molecule has 0 bridgehead atoms. The molecule has 0 amide bonds. The monoisotopic (exact) mass is 358 g/mol. The molecule has 3 aromatic carbocycles.